The van der Waals surface area contributed by atoms with Gasteiger partial charge in [0.05, 0.1) is 12.2 Å². The van der Waals surface area contributed by atoms with Gasteiger partial charge in [0.2, 0.25) is 0 Å². The Morgan fingerprint density at radius 2 is 2.00 bits per heavy atom. The largest absolute Gasteiger partial charge is 0.508 e. The maximum atomic E-state index is 11.7. The first kappa shape index (κ1) is 21.7. The predicted molar refractivity (Wildman–Crippen MR) is 117 cm³/mol. The molecule has 4 nitrogen and oxygen atoms in total. The zero-order valence-corrected chi connectivity index (χ0v) is 18.7. The molecule has 0 spiro atoms. The minimum atomic E-state index is -0.558. The average molecular weight is 415 g/mol. The molecular formula is C26H38O4. The van der Waals surface area contributed by atoms with E-state index in [0.29, 0.717) is 36.5 Å². The van der Waals surface area contributed by atoms with Crippen LogP contribution < -0.4 is 0 Å². The molecule has 1 aromatic carbocycles. The molecule has 3 aliphatic rings. The van der Waals surface area contributed by atoms with Crippen molar-refractivity contribution in [1.29, 1.82) is 0 Å². The molecule has 166 valence electrons. The van der Waals surface area contributed by atoms with Crippen LogP contribution in [0, 0.1) is 17.3 Å². The lowest BCUT2D eigenvalue weighted by Crippen LogP contribution is -2.50. The van der Waals surface area contributed by atoms with Crippen LogP contribution in [0.4, 0.5) is 0 Å². The third kappa shape index (κ3) is 3.77. The van der Waals surface area contributed by atoms with Crippen LogP contribution in [0.1, 0.15) is 95.1 Å². The van der Waals surface area contributed by atoms with Crippen molar-refractivity contribution in [2.24, 2.45) is 17.3 Å². The van der Waals surface area contributed by atoms with Crippen molar-refractivity contribution in [3.05, 3.63) is 29.3 Å². The number of phenolic OH excluding ortho intramolecular Hbond substituents is 1. The monoisotopic (exact) mass is 414 g/mol. The molecule has 0 amide bonds. The molecule has 0 bridgehead atoms. The molecule has 2 saturated carbocycles. The van der Waals surface area contributed by atoms with Crippen molar-refractivity contribution < 1.29 is 19.7 Å². The summed E-state index contributed by atoms with van der Waals surface area (Å²) in [6.45, 7) is 4.68. The van der Waals surface area contributed by atoms with Crippen LogP contribution in [0.5, 0.6) is 5.75 Å². The number of hydrogen-bond donors (Lipinski definition) is 2. The number of aliphatic hydroxyl groups is 1. The van der Waals surface area contributed by atoms with Crippen molar-refractivity contribution in [1.82, 2.24) is 0 Å². The van der Waals surface area contributed by atoms with Crippen LogP contribution in [0.25, 0.3) is 0 Å². The average Bonchev–Trinajstić information content (AvgIpc) is 3.01. The summed E-state index contributed by atoms with van der Waals surface area (Å²) in [4.78, 5) is 11.2. The third-order valence-electron chi connectivity index (χ3n) is 8.82. The fourth-order valence-electron chi connectivity index (χ4n) is 7.07. The zero-order valence-electron chi connectivity index (χ0n) is 18.7. The Balaban J connectivity index is 1.37. The van der Waals surface area contributed by atoms with Gasteiger partial charge in [0.1, 0.15) is 5.75 Å². The van der Waals surface area contributed by atoms with Crippen LogP contribution in [0.3, 0.4) is 0 Å². The van der Waals surface area contributed by atoms with Crippen molar-refractivity contribution in [3.8, 4) is 5.75 Å². The number of unbranched alkanes of at least 4 members (excludes halogenated alkanes) is 2. The van der Waals surface area contributed by atoms with E-state index in [2.05, 4.69) is 13.0 Å². The number of carbonyl (C=O) groups is 1. The molecule has 0 unspecified atom stereocenters. The van der Waals surface area contributed by atoms with Gasteiger partial charge in [0, 0.05) is 6.42 Å². The van der Waals surface area contributed by atoms with Crippen molar-refractivity contribution in [2.45, 2.75) is 96.0 Å². The molecule has 4 heteroatoms. The molecule has 0 aromatic heterocycles. The molecule has 2 N–H and O–H groups in total. The molecule has 0 radical (unpaired) electrons. The smallest absolute Gasteiger partial charge is 0.305 e. The van der Waals surface area contributed by atoms with Gasteiger partial charge in [0.25, 0.3) is 0 Å². The number of fused-ring (bicyclic) bond motifs is 5. The maximum Gasteiger partial charge on any atom is 0.305 e. The van der Waals surface area contributed by atoms with E-state index in [9.17, 15) is 15.0 Å². The van der Waals surface area contributed by atoms with Crippen molar-refractivity contribution in [3.63, 3.8) is 0 Å². The van der Waals surface area contributed by atoms with E-state index in [4.69, 9.17) is 4.74 Å². The fraction of sp³-hybridized carbons (Fsp3) is 0.731. The lowest BCUT2D eigenvalue weighted by atomic mass is 9.53. The maximum absolute atomic E-state index is 11.7. The van der Waals surface area contributed by atoms with E-state index < -0.39 is 5.60 Å². The highest BCUT2D eigenvalue weighted by molar-refractivity contribution is 5.68. The van der Waals surface area contributed by atoms with Gasteiger partial charge in [-0.1, -0.05) is 26.3 Å². The summed E-state index contributed by atoms with van der Waals surface area (Å²) in [7, 11) is 0. The topological polar surface area (TPSA) is 66.8 Å². The molecule has 1 aromatic rings. The van der Waals surface area contributed by atoms with Gasteiger partial charge in [-0.3, -0.25) is 4.79 Å². The van der Waals surface area contributed by atoms with Crippen molar-refractivity contribution in [2.75, 3.05) is 6.61 Å². The van der Waals surface area contributed by atoms with Gasteiger partial charge in [-0.25, -0.2) is 0 Å². The van der Waals surface area contributed by atoms with E-state index >= 15 is 0 Å². The van der Waals surface area contributed by atoms with Crippen LogP contribution in [-0.4, -0.2) is 28.4 Å². The Labute approximate surface area is 181 Å². The molecule has 0 saturated heterocycles. The Hall–Kier alpha value is -1.55. The minimum Gasteiger partial charge on any atom is -0.508 e. The normalized spacial score (nSPS) is 34.7. The van der Waals surface area contributed by atoms with E-state index in [1.165, 1.54) is 17.5 Å². The molecule has 4 rings (SSSR count). The molecule has 0 heterocycles. The van der Waals surface area contributed by atoms with Gasteiger partial charge >= 0.3 is 5.97 Å². The van der Waals surface area contributed by atoms with Crippen LogP contribution in [0.2, 0.25) is 0 Å². The number of esters is 1. The Kier molecular flexibility index (Phi) is 6.16. The summed E-state index contributed by atoms with van der Waals surface area (Å²) in [6.07, 6.45) is 10.7. The summed E-state index contributed by atoms with van der Waals surface area (Å²) in [5, 5.41) is 21.6. The quantitative estimate of drug-likeness (QED) is 0.457. The molecule has 2 fully saturated rings. The number of hydrogen-bond acceptors (Lipinski definition) is 4. The number of aromatic hydroxyl groups is 1. The van der Waals surface area contributed by atoms with Gasteiger partial charge in [0.15, 0.2) is 0 Å². The number of benzene rings is 1. The molecule has 3 aliphatic carbocycles. The second-order valence-corrected chi connectivity index (χ2v) is 10.2. The standard InChI is InChI=1S/C26H38O4/c1-3-24(28)30-16-6-4-5-13-26(29)15-12-23-22-9-7-18-17-19(27)8-10-20(18)21(22)11-14-25(23,26)2/h8,10,17,21-23,27,29H,3-7,9,11-16H2,1-2H3/t21-,22-,23+,25+,26+/m1/s1. The SMILES string of the molecule is CCC(=O)OCCCCC[C@]1(O)CC[C@H]2[C@@H]3CCc4cc(O)ccc4[C@H]3CC[C@@]21C. The third-order valence-corrected chi connectivity index (χ3v) is 8.82. The summed E-state index contributed by atoms with van der Waals surface area (Å²) in [6, 6.07) is 5.95. The summed E-state index contributed by atoms with van der Waals surface area (Å²) in [5.74, 6) is 2.09. The molecular weight excluding hydrogens is 376 g/mol. The summed E-state index contributed by atoms with van der Waals surface area (Å²) >= 11 is 0. The number of phenols is 1. The Morgan fingerprint density at radius 1 is 1.17 bits per heavy atom. The van der Waals surface area contributed by atoms with Gasteiger partial charge in [-0.15, -0.1) is 0 Å². The molecule has 5 atom stereocenters. The number of carbonyl (C=O) groups excluding carboxylic acids is 1. The highest BCUT2D eigenvalue weighted by atomic mass is 16.5. The van der Waals surface area contributed by atoms with Gasteiger partial charge in [-0.05, 0) is 104 Å². The van der Waals surface area contributed by atoms with Crippen molar-refractivity contribution >= 4 is 5.97 Å². The van der Waals surface area contributed by atoms with Gasteiger partial charge < -0.3 is 14.9 Å². The Morgan fingerprint density at radius 3 is 2.80 bits per heavy atom. The van der Waals surface area contributed by atoms with E-state index in [1.54, 1.807) is 0 Å². The molecule has 0 aliphatic heterocycles. The van der Waals surface area contributed by atoms with E-state index in [1.807, 2.05) is 19.1 Å². The molecule has 30 heavy (non-hydrogen) atoms. The fourth-order valence-corrected chi connectivity index (χ4v) is 7.07. The highest BCUT2D eigenvalue weighted by Gasteiger charge is 2.60. The van der Waals surface area contributed by atoms with Crippen LogP contribution >= 0.6 is 0 Å². The highest BCUT2D eigenvalue weighted by Crippen LogP contribution is 2.65. The van der Waals surface area contributed by atoms with E-state index in [0.717, 1.165) is 57.8 Å². The Bertz CT molecular complexity index is 774. The lowest BCUT2D eigenvalue weighted by molar-refractivity contribution is -0.143. The number of rotatable bonds is 7. The first-order valence-corrected chi connectivity index (χ1v) is 12.1. The second-order valence-electron chi connectivity index (χ2n) is 10.2. The second kappa shape index (κ2) is 8.53. The first-order chi connectivity index (χ1) is 14.4. The van der Waals surface area contributed by atoms with Crippen LogP contribution in [0.15, 0.2) is 18.2 Å². The summed E-state index contributed by atoms with van der Waals surface area (Å²) in [5.41, 5.74) is 2.23. The first-order valence-electron chi connectivity index (χ1n) is 12.1. The summed E-state index contributed by atoms with van der Waals surface area (Å²) < 4.78 is 5.17. The van der Waals surface area contributed by atoms with Gasteiger partial charge in [-0.2, -0.15) is 0 Å². The van der Waals surface area contributed by atoms with Crippen LogP contribution in [-0.2, 0) is 16.0 Å². The zero-order chi connectivity index (χ0) is 21.4. The van der Waals surface area contributed by atoms with E-state index in [-0.39, 0.29) is 11.4 Å². The predicted octanol–water partition coefficient (Wildman–Crippen LogP) is 5.49. The number of aryl methyl sites for hydroxylation is 1. The minimum absolute atomic E-state index is 0.0112. The number of ether oxygens (including phenoxy) is 1. The lowest BCUT2D eigenvalue weighted by Gasteiger charge is -2.53.